The van der Waals surface area contributed by atoms with Crippen LogP contribution in [0.5, 0.6) is 0 Å². The Kier molecular flexibility index (Phi) is 11.3. The van der Waals surface area contributed by atoms with Crippen molar-refractivity contribution in [2.24, 2.45) is 17.8 Å². The Bertz CT molecular complexity index is 1080. The van der Waals surface area contributed by atoms with Crippen LogP contribution in [0.1, 0.15) is 47.5 Å². The van der Waals surface area contributed by atoms with Crippen LogP contribution in [0.2, 0.25) is 0 Å². The number of esters is 6. The fourth-order valence-corrected chi connectivity index (χ4v) is 5.49. The number of ether oxygens (including phenoxy) is 9. The summed E-state index contributed by atoms with van der Waals surface area (Å²) in [5.41, 5.74) is 0.272. The topological polar surface area (TPSA) is 185 Å². The van der Waals surface area contributed by atoms with Crippen LogP contribution in [0.4, 0.5) is 0 Å². The minimum Gasteiger partial charge on any atom is -0.472 e. The first-order chi connectivity index (χ1) is 19.8. The van der Waals surface area contributed by atoms with Gasteiger partial charge in [0.15, 0.2) is 18.3 Å². The molecule has 1 unspecified atom stereocenters. The summed E-state index contributed by atoms with van der Waals surface area (Å²) in [6.45, 7) is 5.35. The molecular formula is C27H36O15. The minimum absolute atomic E-state index is 0.0206. The number of hydrogen-bond donors (Lipinski definition) is 0. The van der Waals surface area contributed by atoms with Crippen LogP contribution in [-0.4, -0.2) is 93.1 Å². The van der Waals surface area contributed by atoms with Gasteiger partial charge in [0.25, 0.3) is 0 Å². The lowest BCUT2D eigenvalue weighted by Gasteiger charge is -2.46. The van der Waals surface area contributed by atoms with Crippen molar-refractivity contribution in [2.45, 2.75) is 84.5 Å². The summed E-state index contributed by atoms with van der Waals surface area (Å²) in [4.78, 5) is 71.8. The average Bonchev–Trinajstić information content (AvgIpc) is 3.33. The first kappa shape index (κ1) is 32.8. The van der Waals surface area contributed by atoms with E-state index in [1.807, 2.05) is 0 Å². The third kappa shape index (κ3) is 8.18. The Balaban J connectivity index is 2.00. The van der Waals surface area contributed by atoms with E-state index in [4.69, 9.17) is 42.6 Å². The third-order valence-corrected chi connectivity index (χ3v) is 7.04. The Hall–Kier alpha value is -3.72. The van der Waals surface area contributed by atoms with Gasteiger partial charge in [-0.05, 0) is 12.8 Å². The van der Waals surface area contributed by atoms with Gasteiger partial charge in [-0.2, -0.15) is 0 Å². The Morgan fingerprint density at radius 1 is 0.738 bits per heavy atom. The molecule has 0 aromatic rings. The second kappa shape index (κ2) is 14.4. The lowest BCUT2D eigenvalue weighted by Crippen LogP contribution is -2.63. The van der Waals surface area contributed by atoms with Crippen LogP contribution in [0, 0.1) is 17.8 Å². The van der Waals surface area contributed by atoms with E-state index in [1.165, 1.54) is 20.3 Å². The number of methoxy groups -OCH3 is 1. The summed E-state index contributed by atoms with van der Waals surface area (Å²) in [5.74, 6) is -5.36. The highest BCUT2D eigenvalue weighted by Gasteiger charge is 2.56. The molecule has 3 aliphatic rings. The van der Waals surface area contributed by atoms with E-state index in [0.29, 0.717) is 12.8 Å². The van der Waals surface area contributed by atoms with Gasteiger partial charge < -0.3 is 42.6 Å². The van der Waals surface area contributed by atoms with E-state index in [0.717, 1.165) is 27.7 Å². The summed E-state index contributed by atoms with van der Waals surface area (Å²) < 4.78 is 49.6. The summed E-state index contributed by atoms with van der Waals surface area (Å²) in [5, 5.41) is 0. The second-order valence-corrected chi connectivity index (χ2v) is 10.1. The molecule has 42 heavy (non-hydrogen) atoms. The van der Waals surface area contributed by atoms with Crippen LogP contribution in [0.3, 0.4) is 0 Å². The Morgan fingerprint density at radius 2 is 1.31 bits per heavy atom. The molecule has 0 bridgehead atoms. The zero-order valence-corrected chi connectivity index (χ0v) is 24.2. The maximum Gasteiger partial charge on any atom is 0.337 e. The number of rotatable bonds is 10. The highest BCUT2D eigenvalue weighted by molar-refractivity contribution is 5.89. The first-order valence-electron chi connectivity index (χ1n) is 13.4. The summed E-state index contributed by atoms with van der Waals surface area (Å²) in [6.07, 6.45) is -5.81. The van der Waals surface area contributed by atoms with Gasteiger partial charge in [-0.3, -0.25) is 24.0 Å². The van der Waals surface area contributed by atoms with Crippen LogP contribution in [0.25, 0.3) is 0 Å². The molecule has 2 fully saturated rings. The molecule has 1 saturated carbocycles. The molecule has 0 aromatic carbocycles. The van der Waals surface area contributed by atoms with Gasteiger partial charge in [-0.1, -0.05) is 0 Å². The molecule has 1 aliphatic carbocycles. The van der Waals surface area contributed by atoms with Gasteiger partial charge in [-0.15, -0.1) is 0 Å². The van der Waals surface area contributed by atoms with E-state index >= 15 is 0 Å². The van der Waals surface area contributed by atoms with Crippen molar-refractivity contribution >= 4 is 35.8 Å². The molecule has 9 atom stereocenters. The number of carbonyl (C=O) groups is 6. The molecule has 0 N–H and O–H groups in total. The van der Waals surface area contributed by atoms with Gasteiger partial charge in [0.05, 0.1) is 25.6 Å². The molecule has 1 saturated heterocycles. The second-order valence-electron chi connectivity index (χ2n) is 10.1. The molecule has 15 heteroatoms. The molecule has 0 radical (unpaired) electrons. The molecule has 0 spiro atoms. The molecule has 2 heterocycles. The van der Waals surface area contributed by atoms with Crippen molar-refractivity contribution in [3.05, 3.63) is 11.8 Å². The fraction of sp³-hybridized carbons (Fsp3) is 0.704. The largest absolute Gasteiger partial charge is 0.472 e. The van der Waals surface area contributed by atoms with Gasteiger partial charge in [0.2, 0.25) is 12.6 Å². The quantitative estimate of drug-likeness (QED) is 0.252. The van der Waals surface area contributed by atoms with Crippen molar-refractivity contribution in [2.75, 3.05) is 20.3 Å². The lowest BCUT2D eigenvalue weighted by atomic mass is 9.83. The molecule has 2 aliphatic heterocycles. The van der Waals surface area contributed by atoms with E-state index < -0.39 is 91.3 Å². The first-order valence-corrected chi connectivity index (χ1v) is 13.4. The van der Waals surface area contributed by atoms with Crippen molar-refractivity contribution < 1.29 is 71.4 Å². The SMILES string of the molecule is COC(=O)C1=CO[C@@H](O[C@@H]2O[C@H](COC(C)=O)[C@@H](OC(C)=O)[C@H](OC(C)=O)[C@H]2OC(C)=O)[C@@H]2C(COC(C)=O)CC[C@H]12. The third-order valence-electron chi connectivity index (χ3n) is 7.04. The maximum absolute atomic E-state index is 12.5. The average molecular weight is 601 g/mol. The normalized spacial score (nSPS) is 31.8. The van der Waals surface area contributed by atoms with Gasteiger partial charge in [0, 0.05) is 52.4 Å². The number of carbonyl (C=O) groups excluding carboxylic acids is 6. The monoisotopic (exact) mass is 600 g/mol. The maximum atomic E-state index is 12.5. The molecule has 3 rings (SSSR count). The van der Waals surface area contributed by atoms with Crippen LogP contribution in [0.15, 0.2) is 11.8 Å². The Morgan fingerprint density at radius 3 is 1.88 bits per heavy atom. The number of hydrogen-bond acceptors (Lipinski definition) is 15. The molecule has 15 nitrogen and oxygen atoms in total. The van der Waals surface area contributed by atoms with Crippen molar-refractivity contribution in [1.29, 1.82) is 0 Å². The highest BCUT2D eigenvalue weighted by Crippen LogP contribution is 2.48. The van der Waals surface area contributed by atoms with E-state index in [2.05, 4.69) is 0 Å². The molecule has 0 aromatic heterocycles. The number of fused-ring (bicyclic) bond motifs is 1. The highest BCUT2D eigenvalue weighted by atomic mass is 16.8. The zero-order chi connectivity index (χ0) is 31.1. The van der Waals surface area contributed by atoms with E-state index in [1.54, 1.807) is 0 Å². The van der Waals surface area contributed by atoms with Crippen LogP contribution < -0.4 is 0 Å². The van der Waals surface area contributed by atoms with Crippen LogP contribution >= 0.6 is 0 Å². The smallest absolute Gasteiger partial charge is 0.337 e. The minimum atomic E-state index is -1.50. The molecular weight excluding hydrogens is 564 g/mol. The molecule has 0 amide bonds. The van der Waals surface area contributed by atoms with Crippen molar-refractivity contribution in [3.8, 4) is 0 Å². The van der Waals surface area contributed by atoms with E-state index in [-0.39, 0.29) is 18.1 Å². The van der Waals surface area contributed by atoms with Crippen molar-refractivity contribution in [3.63, 3.8) is 0 Å². The molecule has 234 valence electrons. The summed E-state index contributed by atoms with van der Waals surface area (Å²) in [7, 11) is 1.24. The van der Waals surface area contributed by atoms with Crippen molar-refractivity contribution in [1.82, 2.24) is 0 Å². The summed E-state index contributed by atoms with van der Waals surface area (Å²) in [6, 6.07) is 0. The fourth-order valence-electron chi connectivity index (χ4n) is 5.49. The standard InChI is InChI=1S/C27H36O15/c1-12(28)35-9-17-7-8-18-19(25(33)34-6)10-37-26(21(17)18)42-27-24(40-16(5)32)23(39-15(4)31)22(38-14(3)30)20(41-27)11-36-13(2)29/h10,17-18,20-24,26-27H,7-9,11H2,1-6H3/t17?,18-,20-,21-,22-,23+,24-,26+,27+/m1/s1. The van der Waals surface area contributed by atoms with Gasteiger partial charge in [0.1, 0.15) is 12.7 Å². The predicted octanol–water partition coefficient (Wildman–Crippen LogP) is 0.705. The van der Waals surface area contributed by atoms with Gasteiger partial charge >= 0.3 is 35.8 Å². The Labute approximate surface area is 242 Å². The van der Waals surface area contributed by atoms with E-state index in [9.17, 15) is 28.8 Å². The predicted molar refractivity (Wildman–Crippen MR) is 134 cm³/mol. The zero-order valence-electron chi connectivity index (χ0n) is 24.2. The van der Waals surface area contributed by atoms with Crippen LogP contribution in [-0.2, 0) is 71.4 Å². The lowest BCUT2D eigenvalue weighted by molar-refractivity contribution is -0.345. The summed E-state index contributed by atoms with van der Waals surface area (Å²) >= 11 is 0. The van der Waals surface area contributed by atoms with Gasteiger partial charge in [-0.25, -0.2) is 4.79 Å².